The minimum atomic E-state index is 0.0708. The Kier molecular flexibility index (Phi) is 7.59. The highest BCUT2D eigenvalue weighted by Gasteiger charge is 2.38. The number of aromatic nitrogens is 4. The molecule has 8 aromatic carbocycles. The van der Waals surface area contributed by atoms with Crippen molar-refractivity contribution in [3.8, 4) is 39.9 Å². The second-order valence-corrected chi connectivity index (χ2v) is 18.9. The first kappa shape index (κ1) is 35.3. The van der Waals surface area contributed by atoms with Crippen LogP contribution in [-0.4, -0.2) is 19.5 Å². The lowest BCUT2D eigenvalue weighted by Crippen LogP contribution is -2.33. The van der Waals surface area contributed by atoms with Crippen LogP contribution in [0.2, 0.25) is 0 Å². The van der Waals surface area contributed by atoms with E-state index < -0.39 is 0 Å². The Morgan fingerprint density at radius 2 is 1.08 bits per heavy atom. The summed E-state index contributed by atoms with van der Waals surface area (Å²) in [6.07, 6.45) is 2.34. The molecule has 288 valence electrons. The first-order valence-corrected chi connectivity index (χ1v) is 21.8. The molecule has 0 aliphatic heterocycles. The van der Waals surface area contributed by atoms with Crippen molar-refractivity contribution in [2.45, 2.75) is 51.4 Å². The van der Waals surface area contributed by atoms with E-state index in [1.54, 1.807) is 11.3 Å². The average molecular weight is 791 g/mol. The Balaban J connectivity index is 1.13. The minimum absolute atomic E-state index is 0.0708. The van der Waals surface area contributed by atoms with E-state index in [2.05, 4.69) is 172 Å². The predicted molar refractivity (Wildman–Crippen MR) is 254 cm³/mol. The van der Waals surface area contributed by atoms with E-state index in [4.69, 9.17) is 15.0 Å². The van der Waals surface area contributed by atoms with Gasteiger partial charge in [-0.2, -0.15) is 0 Å². The first-order valence-electron chi connectivity index (χ1n) is 21.0. The fraction of sp³-hybridized carbons (Fsp3) is 0.145. The van der Waals surface area contributed by atoms with Crippen molar-refractivity contribution < 1.29 is 0 Å². The van der Waals surface area contributed by atoms with Crippen LogP contribution in [0, 0.1) is 0 Å². The van der Waals surface area contributed by atoms with Crippen LogP contribution in [0.1, 0.15) is 51.7 Å². The van der Waals surface area contributed by atoms with Gasteiger partial charge in [0.1, 0.15) is 0 Å². The van der Waals surface area contributed by atoms with Crippen molar-refractivity contribution in [2.24, 2.45) is 0 Å². The molecule has 0 unspecified atom stereocenters. The van der Waals surface area contributed by atoms with E-state index in [1.807, 2.05) is 18.2 Å². The summed E-state index contributed by atoms with van der Waals surface area (Å²) in [6, 6.07) is 57.2. The Hall–Kier alpha value is -6.69. The van der Waals surface area contributed by atoms with Crippen molar-refractivity contribution in [3.63, 3.8) is 0 Å². The maximum absolute atomic E-state index is 5.35. The Morgan fingerprint density at radius 3 is 1.90 bits per heavy atom. The molecule has 0 bridgehead atoms. The molecular weight excluding hydrogens is 749 g/mol. The lowest BCUT2D eigenvalue weighted by molar-refractivity contribution is 0.332. The minimum Gasteiger partial charge on any atom is -0.309 e. The SMILES string of the molecule is CC1(C)CCC(C)(C)c2cc3c(cc21)c1c2ccccc2ccc1n3-c1cccc2c(-c3nc(-c4ccccc4)nc(-c4cccc5c4sc4ccccc45)n3)cccc12. The summed E-state index contributed by atoms with van der Waals surface area (Å²) in [7, 11) is 0. The van der Waals surface area contributed by atoms with Crippen LogP contribution in [0.4, 0.5) is 0 Å². The van der Waals surface area contributed by atoms with Gasteiger partial charge in [-0.05, 0) is 87.4 Å². The number of benzene rings is 8. The van der Waals surface area contributed by atoms with E-state index in [-0.39, 0.29) is 10.8 Å². The number of thiophene rings is 1. The van der Waals surface area contributed by atoms with Gasteiger partial charge in [-0.25, -0.2) is 15.0 Å². The number of fused-ring (bicyclic) bond motifs is 10. The summed E-state index contributed by atoms with van der Waals surface area (Å²) in [5, 5.41) is 9.88. The lowest BCUT2D eigenvalue weighted by atomic mass is 9.63. The molecule has 5 heteroatoms. The van der Waals surface area contributed by atoms with Gasteiger partial charge < -0.3 is 4.57 Å². The fourth-order valence-corrected chi connectivity index (χ4v) is 11.3. The van der Waals surface area contributed by atoms with Crippen molar-refractivity contribution in [3.05, 3.63) is 169 Å². The molecule has 0 fully saturated rings. The highest BCUT2D eigenvalue weighted by atomic mass is 32.1. The first-order chi connectivity index (χ1) is 29.2. The zero-order valence-electron chi connectivity index (χ0n) is 34.1. The van der Waals surface area contributed by atoms with Crippen molar-refractivity contribution in [2.75, 3.05) is 0 Å². The van der Waals surface area contributed by atoms with Crippen molar-refractivity contribution in [1.82, 2.24) is 19.5 Å². The predicted octanol–water partition coefficient (Wildman–Crippen LogP) is 15.0. The van der Waals surface area contributed by atoms with Crippen LogP contribution in [0.25, 0.3) is 103 Å². The van der Waals surface area contributed by atoms with E-state index in [9.17, 15) is 0 Å². The van der Waals surface area contributed by atoms with E-state index >= 15 is 0 Å². The molecule has 3 aromatic heterocycles. The topological polar surface area (TPSA) is 43.6 Å². The Labute approximate surface area is 352 Å². The standard InChI is InChI=1S/C55H42N4S/c1-54(2)29-30-55(3,4)44-32-47-42(31-43(44)54)49-35-18-9-8-15-33(35)27-28-46(49)59(47)45-25-14-20-36-37(45)21-12-23-40(36)52-56-51(34-16-6-5-7-17-34)57-53(58-52)41-24-13-22-39-38-19-10-11-26-48(38)60-50(39)41/h5-28,31-32H,29-30H2,1-4H3. The molecular formula is C55H42N4S. The van der Waals surface area contributed by atoms with Crippen LogP contribution in [0.3, 0.4) is 0 Å². The summed E-state index contributed by atoms with van der Waals surface area (Å²) in [5.74, 6) is 1.99. The second-order valence-electron chi connectivity index (χ2n) is 17.8. The van der Waals surface area contributed by atoms with Gasteiger partial charge in [-0.1, -0.05) is 149 Å². The van der Waals surface area contributed by atoms with Crippen LogP contribution >= 0.6 is 11.3 Å². The highest BCUT2D eigenvalue weighted by Crippen LogP contribution is 2.50. The number of hydrogen-bond donors (Lipinski definition) is 0. The average Bonchev–Trinajstić information content (AvgIpc) is 3.83. The number of hydrogen-bond acceptors (Lipinski definition) is 4. The molecule has 12 rings (SSSR count). The monoisotopic (exact) mass is 790 g/mol. The van der Waals surface area contributed by atoms with E-state index in [0.717, 1.165) is 39.6 Å². The maximum Gasteiger partial charge on any atom is 0.165 e. The van der Waals surface area contributed by atoms with Gasteiger partial charge in [0.25, 0.3) is 0 Å². The zero-order valence-corrected chi connectivity index (χ0v) is 34.9. The van der Waals surface area contributed by atoms with Gasteiger partial charge in [0.2, 0.25) is 0 Å². The molecule has 1 aliphatic rings. The quantitative estimate of drug-likeness (QED) is 0.178. The third-order valence-corrected chi connectivity index (χ3v) is 14.5. The van der Waals surface area contributed by atoms with Crippen LogP contribution in [-0.2, 0) is 10.8 Å². The molecule has 0 atom stereocenters. The summed E-state index contributed by atoms with van der Waals surface area (Å²) in [4.78, 5) is 15.8. The largest absolute Gasteiger partial charge is 0.309 e. The van der Waals surface area contributed by atoms with Gasteiger partial charge in [0.05, 0.1) is 16.7 Å². The summed E-state index contributed by atoms with van der Waals surface area (Å²) >= 11 is 1.80. The molecule has 11 aromatic rings. The molecule has 4 nitrogen and oxygen atoms in total. The van der Waals surface area contributed by atoms with Crippen molar-refractivity contribution >= 4 is 74.9 Å². The van der Waals surface area contributed by atoms with Gasteiger partial charge in [-0.15, -0.1) is 11.3 Å². The van der Waals surface area contributed by atoms with Crippen LogP contribution in [0.5, 0.6) is 0 Å². The normalized spacial score (nSPS) is 14.8. The van der Waals surface area contributed by atoms with Crippen LogP contribution in [0.15, 0.2) is 158 Å². The third kappa shape index (κ3) is 5.25. The van der Waals surface area contributed by atoms with Gasteiger partial charge in [-0.3, -0.25) is 0 Å². The molecule has 0 spiro atoms. The zero-order chi connectivity index (χ0) is 40.3. The molecule has 0 saturated heterocycles. The molecule has 0 amide bonds. The molecule has 60 heavy (non-hydrogen) atoms. The summed E-state index contributed by atoms with van der Waals surface area (Å²) in [6.45, 7) is 9.70. The second kappa shape index (κ2) is 12.9. The molecule has 1 aliphatic carbocycles. The van der Waals surface area contributed by atoms with Gasteiger partial charge >= 0.3 is 0 Å². The van der Waals surface area contributed by atoms with Crippen LogP contribution < -0.4 is 0 Å². The molecule has 3 heterocycles. The Morgan fingerprint density at radius 1 is 0.467 bits per heavy atom. The number of nitrogens with zero attached hydrogens (tertiary/aromatic N) is 4. The Bertz CT molecular complexity index is 3550. The van der Waals surface area contributed by atoms with E-state index in [0.29, 0.717) is 17.5 Å². The number of rotatable bonds is 4. The highest BCUT2D eigenvalue weighted by molar-refractivity contribution is 7.26. The third-order valence-electron chi connectivity index (χ3n) is 13.3. The summed E-state index contributed by atoms with van der Waals surface area (Å²) in [5.41, 5.74) is 9.65. The maximum atomic E-state index is 5.35. The van der Waals surface area contributed by atoms with Crippen molar-refractivity contribution in [1.29, 1.82) is 0 Å². The fourth-order valence-electron chi connectivity index (χ4n) is 10.0. The van der Waals surface area contributed by atoms with E-state index in [1.165, 1.54) is 70.3 Å². The molecule has 0 radical (unpaired) electrons. The smallest absolute Gasteiger partial charge is 0.165 e. The van der Waals surface area contributed by atoms with Gasteiger partial charge in [0, 0.05) is 53.0 Å². The molecule has 0 saturated carbocycles. The lowest BCUT2D eigenvalue weighted by Gasteiger charge is -2.42. The molecule has 0 N–H and O–H groups in total. The van der Waals surface area contributed by atoms with Gasteiger partial charge in [0.15, 0.2) is 17.5 Å². The summed E-state index contributed by atoms with van der Waals surface area (Å²) < 4.78 is 4.96.